The van der Waals surface area contributed by atoms with Crippen LogP contribution in [0.4, 0.5) is 0 Å². The largest absolute Gasteiger partial charge is 0.480 e. The van der Waals surface area contributed by atoms with Gasteiger partial charge in [-0.05, 0) is 31.2 Å². The number of aromatic nitrogens is 6. The molecule has 0 aliphatic rings. The Morgan fingerprint density at radius 2 is 1.24 bits per heavy atom. The molecule has 0 aliphatic heterocycles. The van der Waals surface area contributed by atoms with Gasteiger partial charge in [-0.2, -0.15) is 47.7 Å². The van der Waals surface area contributed by atoms with E-state index in [-0.39, 0.29) is 40.2 Å². The van der Waals surface area contributed by atoms with Gasteiger partial charge < -0.3 is 19.3 Å². The van der Waals surface area contributed by atoms with Gasteiger partial charge in [0.05, 0.1) is 6.61 Å². The van der Waals surface area contributed by atoms with Gasteiger partial charge in [0.25, 0.3) is 0 Å². The molecule has 0 saturated carbocycles. The number of fused-ring (bicyclic) bond motifs is 2. The van der Waals surface area contributed by atoms with Gasteiger partial charge in [0.15, 0.2) is 23.0 Å². The number of rotatable bonds is 9. The number of hydrogen-bond acceptors (Lipinski definition) is 13. The van der Waals surface area contributed by atoms with Crippen LogP contribution in [-0.2, 0) is 34.6 Å². The Labute approximate surface area is 212 Å². The maximum Gasteiger partial charge on any atom is 0.344 e. The van der Waals surface area contributed by atoms with E-state index in [1.807, 2.05) is 0 Å². The molecule has 0 spiro atoms. The minimum Gasteiger partial charge on any atom is -0.480 e. The molecule has 204 valence electrons. The molecule has 0 unspecified atom stereocenters. The van der Waals surface area contributed by atoms with Crippen LogP contribution in [0.15, 0.2) is 34.1 Å². The molecule has 2 aromatic carbocycles. The summed E-state index contributed by atoms with van der Waals surface area (Å²) in [5, 5.41) is 27.5. The molecule has 0 aliphatic carbocycles. The number of carbonyl (C=O) groups is 2. The Kier molecular flexibility index (Phi) is 8.40. The van der Waals surface area contributed by atoms with E-state index in [4.69, 9.17) is 19.1 Å². The molecule has 0 amide bonds. The fourth-order valence-corrected chi connectivity index (χ4v) is 4.50. The van der Waals surface area contributed by atoms with Crippen molar-refractivity contribution in [2.24, 2.45) is 0 Å². The first-order chi connectivity index (χ1) is 17.8. The van der Waals surface area contributed by atoms with Crippen LogP contribution in [0.1, 0.15) is 6.92 Å². The van der Waals surface area contributed by atoms with Gasteiger partial charge in [-0.15, -0.1) is 0 Å². The molecule has 4 rings (SSSR count). The number of H-pyrrole nitrogens is 2. The van der Waals surface area contributed by atoms with Crippen LogP contribution < -0.4 is 9.47 Å². The molecule has 0 bridgehead atoms. The molecular formula is C18H18N6O12S2. The van der Waals surface area contributed by atoms with E-state index >= 15 is 0 Å². The first-order valence-corrected chi connectivity index (χ1v) is 13.0. The Morgan fingerprint density at radius 1 is 0.789 bits per heavy atom. The number of ether oxygens (including phenoxy) is 3. The van der Waals surface area contributed by atoms with Crippen molar-refractivity contribution in [3.05, 3.63) is 24.3 Å². The van der Waals surface area contributed by atoms with Gasteiger partial charge in [-0.25, -0.2) is 9.59 Å². The van der Waals surface area contributed by atoms with E-state index in [9.17, 15) is 31.0 Å². The van der Waals surface area contributed by atoms with Crippen molar-refractivity contribution >= 4 is 54.2 Å². The minimum atomic E-state index is -4.62. The summed E-state index contributed by atoms with van der Waals surface area (Å²) >= 11 is 0. The number of aromatic amines is 2. The molecule has 0 fully saturated rings. The smallest absolute Gasteiger partial charge is 0.344 e. The van der Waals surface area contributed by atoms with Crippen LogP contribution in [0.2, 0.25) is 0 Å². The lowest BCUT2D eigenvalue weighted by molar-refractivity contribution is -0.145. The lowest BCUT2D eigenvalue weighted by atomic mass is 10.3. The summed E-state index contributed by atoms with van der Waals surface area (Å²) in [6.07, 6.45) is 0. The standard InChI is InChI=1S/C10H11N3O6S.C8H7N3O6S/c1-2-18-8(14)5-19-7-4-3-6-9(12-13-11-6)10(7)20(15,16)17;12-6(13)3-17-5-2-1-4-7(10-11-9-4)8(5)18(14,15)16/h3-4H,2,5H2,1H3,(H,11,12,13)(H,15,16,17);1-2H,3H2,(H,12,13)(H,9,10,11)(H,14,15,16). The Morgan fingerprint density at radius 3 is 1.63 bits per heavy atom. The van der Waals surface area contributed by atoms with Crippen LogP contribution in [0, 0.1) is 0 Å². The Hall–Kier alpha value is -4.40. The Bertz CT molecular complexity index is 1700. The predicted molar refractivity (Wildman–Crippen MR) is 123 cm³/mol. The van der Waals surface area contributed by atoms with E-state index in [1.165, 1.54) is 24.3 Å². The van der Waals surface area contributed by atoms with Crippen molar-refractivity contribution in [3.8, 4) is 11.5 Å². The van der Waals surface area contributed by atoms with E-state index in [0.717, 1.165) is 0 Å². The summed E-state index contributed by atoms with van der Waals surface area (Å²) in [7, 11) is -9.21. The SMILES string of the molecule is CCOC(=O)COc1ccc2n[nH]nc2c1S(=O)(=O)O.O=C(O)COc1ccc2n[nH]nc2c1S(=O)(=O)O. The van der Waals surface area contributed by atoms with Crippen LogP contribution in [-0.4, -0.2) is 93.6 Å². The van der Waals surface area contributed by atoms with Gasteiger partial charge >= 0.3 is 32.2 Å². The third-order valence-corrected chi connectivity index (χ3v) is 6.15. The number of nitrogens with one attached hydrogen (secondary N) is 2. The number of carbonyl (C=O) groups excluding carboxylic acids is 1. The summed E-state index contributed by atoms with van der Waals surface area (Å²) < 4.78 is 78.2. The fraction of sp³-hybridized carbons (Fsp3) is 0.222. The average molecular weight is 575 g/mol. The number of aliphatic carboxylic acids is 1. The van der Waals surface area contributed by atoms with Gasteiger partial charge in [-0.3, -0.25) is 9.11 Å². The van der Waals surface area contributed by atoms with Gasteiger partial charge in [-0.1, -0.05) is 0 Å². The molecule has 2 aromatic heterocycles. The van der Waals surface area contributed by atoms with Crippen molar-refractivity contribution in [3.63, 3.8) is 0 Å². The van der Waals surface area contributed by atoms with Crippen molar-refractivity contribution in [1.29, 1.82) is 0 Å². The number of esters is 1. The molecule has 5 N–H and O–H groups in total. The second kappa shape index (κ2) is 11.3. The van der Waals surface area contributed by atoms with E-state index < -0.39 is 55.2 Å². The average Bonchev–Trinajstić information content (AvgIpc) is 3.49. The summed E-state index contributed by atoms with van der Waals surface area (Å²) in [6, 6.07) is 5.28. The second-order valence-electron chi connectivity index (χ2n) is 6.89. The first-order valence-electron chi connectivity index (χ1n) is 10.1. The quantitative estimate of drug-likeness (QED) is 0.128. The summed E-state index contributed by atoms with van der Waals surface area (Å²) in [4.78, 5) is 20.4. The number of nitrogens with zero attached hydrogens (tertiary/aromatic N) is 4. The number of benzene rings is 2. The molecule has 2 heterocycles. The third kappa shape index (κ3) is 6.67. The molecule has 0 atom stereocenters. The van der Waals surface area contributed by atoms with Crippen LogP contribution in [0.25, 0.3) is 22.1 Å². The summed E-state index contributed by atoms with van der Waals surface area (Å²) in [5.41, 5.74) is 0.237. The van der Waals surface area contributed by atoms with Crippen LogP contribution in [0.3, 0.4) is 0 Å². The molecule has 0 radical (unpaired) electrons. The van der Waals surface area contributed by atoms with Gasteiger partial charge in [0.1, 0.15) is 33.6 Å². The summed E-state index contributed by atoms with van der Waals surface area (Å²) in [6.45, 7) is 0.574. The number of carboxylic acids is 1. The molecule has 38 heavy (non-hydrogen) atoms. The van der Waals surface area contributed by atoms with Crippen molar-refractivity contribution in [2.75, 3.05) is 19.8 Å². The molecular weight excluding hydrogens is 556 g/mol. The maximum absolute atomic E-state index is 11.4. The lowest BCUT2D eigenvalue weighted by Crippen LogP contribution is -2.16. The Balaban J connectivity index is 0.000000212. The molecule has 18 nitrogen and oxygen atoms in total. The molecule has 0 saturated heterocycles. The number of hydrogen-bond donors (Lipinski definition) is 5. The van der Waals surface area contributed by atoms with E-state index in [0.29, 0.717) is 0 Å². The normalized spacial score (nSPS) is 11.6. The zero-order chi connectivity index (χ0) is 28.1. The molecule has 20 heteroatoms. The topological polar surface area (TPSA) is 274 Å². The third-order valence-electron chi connectivity index (χ3n) is 4.33. The zero-order valence-corrected chi connectivity index (χ0v) is 20.7. The maximum atomic E-state index is 11.4. The molecule has 4 aromatic rings. The highest BCUT2D eigenvalue weighted by molar-refractivity contribution is 7.86. The minimum absolute atomic E-state index is 0.0751. The summed E-state index contributed by atoms with van der Waals surface area (Å²) in [5.74, 6) is -2.45. The van der Waals surface area contributed by atoms with Gasteiger partial charge in [0.2, 0.25) is 0 Å². The van der Waals surface area contributed by atoms with Crippen molar-refractivity contribution in [2.45, 2.75) is 16.7 Å². The highest BCUT2D eigenvalue weighted by Gasteiger charge is 2.25. The number of carboxylic acid groups (broad SMARTS) is 1. The second-order valence-corrected chi connectivity index (χ2v) is 9.61. The monoisotopic (exact) mass is 574 g/mol. The fourth-order valence-electron chi connectivity index (χ4n) is 2.94. The van der Waals surface area contributed by atoms with Gasteiger partial charge in [0, 0.05) is 0 Å². The van der Waals surface area contributed by atoms with E-state index in [2.05, 4.69) is 35.6 Å². The van der Waals surface area contributed by atoms with Crippen molar-refractivity contribution in [1.82, 2.24) is 30.8 Å². The van der Waals surface area contributed by atoms with Crippen molar-refractivity contribution < 1.29 is 54.8 Å². The van der Waals surface area contributed by atoms with Crippen LogP contribution in [0.5, 0.6) is 11.5 Å². The van der Waals surface area contributed by atoms with E-state index in [1.54, 1.807) is 6.92 Å². The van der Waals surface area contributed by atoms with Crippen LogP contribution >= 0.6 is 0 Å². The highest BCUT2D eigenvalue weighted by Crippen LogP contribution is 2.31. The lowest BCUT2D eigenvalue weighted by Gasteiger charge is -2.09. The zero-order valence-electron chi connectivity index (χ0n) is 19.1. The predicted octanol–water partition coefficient (Wildman–Crippen LogP) is -0.185. The highest BCUT2D eigenvalue weighted by atomic mass is 32.2. The first kappa shape index (κ1) is 28.2.